The van der Waals surface area contributed by atoms with Gasteiger partial charge in [-0.05, 0) is 19.1 Å². The zero-order valence-electron chi connectivity index (χ0n) is 11.2. The summed E-state index contributed by atoms with van der Waals surface area (Å²) in [5.74, 6) is -0.149. The molecule has 1 N–H and O–H groups in total. The molecule has 0 spiro atoms. The lowest BCUT2D eigenvalue weighted by Gasteiger charge is -2.29. The quantitative estimate of drug-likeness (QED) is 0.867. The third kappa shape index (κ3) is 3.54. The molecule has 1 aliphatic heterocycles. The molecule has 2 rings (SSSR count). The number of amides is 2. The summed E-state index contributed by atoms with van der Waals surface area (Å²) in [6.07, 6.45) is -0.142. The van der Waals surface area contributed by atoms with E-state index in [4.69, 9.17) is 4.74 Å². The summed E-state index contributed by atoms with van der Waals surface area (Å²) in [6.45, 7) is 2.98. The predicted octanol–water partition coefficient (Wildman–Crippen LogP) is 0.582. The van der Waals surface area contributed by atoms with Crippen molar-refractivity contribution in [1.82, 2.24) is 10.2 Å². The second-order valence-electron chi connectivity index (χ2n) is 4.78. The van der Waals surface area contributed by atoms with E-state index in [0.717, 1.165) is 5.56 Å². The zero-order valence-corrected chi connectivity index (χ0v) is 11.2. The predicted molar refractivity (Wildman–Crippen MR) is 70.9 cm³/mol. The molecule has 102 valence electrons. The minimum atomic E-state index is -0.142. The van der Waals surface area contributed by atoms with Crippen molar-refractivity contribution in [3.05, 3.63) is 35.4 Å². The van der Waals surface area contributed by atoms with Crippen LogP contribution in [0.3, 0.4) is 0 Å². The summed E-state index contributed by atoms with van der Waals surface area (Å²) >= 11 is 0. The maximum absolute atomic E-state index is 11.9. The normalized spacial score (nSPS) is 19.4. The van der Waals surface area contributed by atoms with E-state index < -0.39 is 0 Å². The fourth-order valence-electron chi connectivity index (χ4n) is 1.90. The Morgan fingerprint density at radius 1 is 1.42 bits per heavy atom. The van der Waals surface area contributed by atoms with Crippen LogP contribution in [0.25, 0.3) is 0 Å². The van der Waals surface area contributed by atoms with Crippen molar-refractivity contribution >= 4 is 11.8 Å². The molecule has 5 heteroatoms. The fraction of sp³-hybridized carbons (Fsp3) is 0.429. The van der Waals surface area contributed by atoms with Gasteiger partial charge in [-0.25, -0.2) is 0 Å². The average molecular weight is 262 g/mol. The van der Waals surface area contributed by atoms with E-state index in [2.05, 4.69) is 5.32 Å². The SMILES string of the molecule is Cc1ccc(C(=O)NCC2CN(C)C(=O)CO2)cc1. The van der Waals surface area contributed by atoms with E-state index >= 15 is 0 Å². The first-order valence-electron chi connectivity index (χ1n) is 6.26. The highest BCUT2D eigenvalue weighted by atomic mass is 16.5. The first kappa shape index (κ1) is 13.5. The van der Waals surface area contributed by atoms with Gasteiger partial charge >= 0.3 is 0 Å². The summed E-state index contributed by atoms with van der Waals surface area (Å²) in [4.78, 5) is 24.8. The first-order valence-corrected chi connectivity index (χ1v) is 6.26. The maximum Gasteiger partial charge on any atom is 0.251 e. The van der Waals surface area contributed by atoms with Crippen LogP contribution in [0.4, 0.5) is 0 Å². The van der Waals surface area contributed by atoms with Gasteiger partial charge in [0.25, 0.3) is 5.91 Å². The van der Waals surface area contributed by atoms with Crippen molar-refractivity contribution in [1.29, 1.82) is 0 Å². The lowest BCUT2D eigenvalue weighted by atomic mass is 10.1. The first-order chi connectivity index (χ1) is 9.06. The van der Waals surface area contributed by atoms with E-state index in [9.17, 15) is 9.59 Å². The van der Waals surface area contributed by atoms with Crippen LogP contribution in [0, 0.1) is 6.92 Å². The van der Waals surface area contributed by atoms with Crippen molar-refractivity contribution in [2.24, 2.45) is 0 Å². The highest BCUT2D eigenvalue weighted by molar-refractivity contribution is 5.94. The highest BCUT2D eigenvalue weighted by Crippen LogP contribution is 2.05. The lowest BCUT2D eigenvalue weighted by molar-refractivity contribution is -0.146. The Morgan fingerprint density at radius 2 is 2.11 bits per heavy atom. The summed E-state index contributed by atoms with van der Waals surface area (Å²) in [5.41, 5.74) is 1.75. The van der Waals surface area contributed by atoms with Gasteiger partial charge in [-0.3, -0.25) is 9.59 Å². The molecule has 0 aliphatic carbocycles. The fourth-order valence-corrected chi connectivity index (χ4v) is 1.90. The number of morpholine rings is 1. The topological polar surface area (TPSA) is 58.6 Å². The number of hydrogen-bond acceptors (Lipinski definition) is 3. The summed E-state index contributed by atoms with van der Waals surface area (Å²) < 4.78 is 5.36. The molecule has 1 fully saturated rings. The highest BCUT2D eigenvalue weighted by Gasteiger charge is 2.23. The third-order valence-electron chi connectivity index (χ3n) is 3.15. The molecule has 1 unspecified atom stereocenters. The molecule has 5 nitrogen and oxygen atoms in total. The van der Waals surface area contributed by atoms with E-state index in [-0.39, 0.29) is 24.5 Å². The second-order valence-corrected chi connectivity index (χ2v) is 4.78. The molecule has 19 heavy (non-hydrogen) atoms. The Balaban J connectivity index is 1.84. The van der Waals surface area contributed by atoms with E-state index in [0.29, 0.717) is 18.7 Å². The second kappa shape index (κ2) is 5.84. The average Bonchev–Trinajstić information content (AvgIpc) is 2.40. The summed E-state index contributed by atoms with van der Waals surface area (Å²) in [7, 11) is 1.74. The van der Waals surface area contributed by atoms with Crippen molar-refractivity contribution < 1.29 is 14.3 Å². The molecule has 1 aromatic rings. The molecular weight excluding hydrogens is 244 g/mol. The van der Waals surface area contributed by atoms with Crippen LogP contribution in [-0.2, 0) is 9.53 Å². The van der Waals surface area contributed by atoms with Gasteiger partial charge in [0.15, 0.2) is 0 Å². The number of rotatable bonds is 3. The standard InChI is InChI=1S/C14H18N2O3/c1-10-3-5-11(6-4-10)14(18)15-7-12-8-16(2)13(17)9-19-12/h3-6,12H,7-9H2,1-2H3,(H,15,18). The van der Waals surface area contributed by atoms with Crippen LogP contribution in [0.1, 0.15) is 15.9 Å². The Labute approximate surface area is 112 Å². The Morgan fingerprint density at radius 3 is 2.74 bits per heavy atom. The maximum atomic E-state index is 11.9. The monoisotopic (exact) mass is 262 g/mol. The number of carbonyl (C=O) groups excluding carboxylic acids is 2. The molecule has 2 amide bonds. The molecule has 1 aromatic carbocycles. The van der Waals surface area contributed by atoms with Crippen molar-refractivity contribution in [3.8, 4) is 0 Å². The Bertz CT molecular complexity index is 470. The van der Waals surface area contributed by atoms with Gasteiger partial charge in [-0.15, -0.1) is 0 Å². The number of nitrogens with zero attached hydrogens (tertiary/aromatic N) is 1. The minimum absolute atomic E-state index is 0.0267. The van der Waals surface area contributed by atoms with Gasteiger partial charge in [0, 0.05) is 25.7 Å². The molecule has 1 atom stereocenters. The molecule has 1 saturated heterocycles. The molecular formula is C14H18N2O3. The van der Waals surface area contributed by atoms with Gasteiger partial charge in [0.1, 0.15) is 6.61 Å². The molecule has 0 radical (unpaired) electrons. The van der Waals surface area contributed by atoms with Crippen LogP contribution in [-0.4, -0.2) is 49.6 Å². The van der Waals surface area contributed by atoms with Crippen molar-refractivity contribution in [2.75, 3.05) is 26.7 Å². The Hall–Kier alpha value is -1.88. The van der Waals surface area contributed by atoms with Crippen LogP contribution in [0.2, 0.25) is 0 Å². The largest absolute Gasteiger partial charge is 0.365 e. The molecule has 0 bridgehead atoms. The minimum Gasteiger partial charge on any atom is -0.365 e. The van der Waals surface area contributed by atoms with Gasteiger partial charge in [0.05, 0.1) is 6.10 Å². The molecule has 1 heterocycles. The lowest BCUT2D eigenvalue weighted by Crippen LogP contribution is -2.48. The molecule has 0 aromatic heterocycles. The number of nitrogens with one attached hydrogen (secondary N) is 1. The molecule has 1 aliphatic rings. The molecule has 0 saturated carbocycles. The van der Waals surface area contributed by atoms with E-state index in [1.165, 1.54) is 0 Å². The van der Waals surface area contributed by atoms with Crippen LogP contribution < -0.4 is 5.32 Å². The van der Waals surface area contributed by atoms with Gasteiger partial charge in [-0.1, -0.05) is 17.7 Å². The number of likely N-dealkylation sites (N-methyl/N-ethyl adjacent to an activating group) is 1. The number of benzene rings is 1. The summed E-state index contributed by atoms with van der Waals surface area (Å²) in [6, 6.07) is 7.39. The van der Waals surface area contributed by atoms with Gasteiger partial charge in [0.2, 0.25) is 5.91 Å². The summed E-state index contributed by atoms with van der Waals surface area (Å²) in [5, 5.41) is 2.82. The van der Waals surface area contributed by atoms with Crippen LogP contribution >= 0.6 is 0 Å². The van der Waals surface area contributed by atoms with Gasteiger partial charge in [-0.2, -0.15) is 0 Å². The van der Waals surface area contributed by atoms with E-state index in [1.807, 2.05) is 19.1 Å². The smallest absolute Gasteiger partial charge is 0.251 e. The van der Waals surface area contributed by atoms with Crippen LogP contribution in [0.5, 0.6) is 0 Å². The zero-order chi connectivity index (χ0) is 13.8. The number of aryl methyl sites for hydroxylation is 1. The number of carbonyl (C=O) groups is 2. The third-order valence-corrected chi connectivity index (χ3v) is 3.15. The number of hydrogen-bond donors (Lipinski definition) is 1. The van der Waals surface area contributed by atoms with Crippen LogP contribution in [0.15, 0.2) is 24.3 Å². The van der Waals surface area contributed by atoms with Gasteiger partial charge < -0.3 is 15.0 Å². The van der Waals surface area contributed by atoms with Crippen molar-refractivity contribution in [2.45, 2.75) is 13.0 Å². The van der Waals surface area contributed by atoms with Crippen molar-refractivity contribution in [3.63, 3.8) is 0 Å². The number of ether oxygens (including phenoxy) is 1. The van der Waals surface area contributed by atoms with E-state index in [1.54, 1.807) is 24.1 Å². The Kier molecular flexibility index (Phi) is 4.16.